The van der Waals surface area contributed by atoms with E-state index in [1.54, 1.807) is 0 Å². The Balaban J connectivity index is 3.21. The molecule has 60 valence electrons. The highest BCUT2D eigenvalue weighted by atomic mass is 19.4. The topological polar surface area (TPSA) is 49.7 Å². The smallest absolute Gasteiger partial charge is 0.402 e. The molecule has 3 nitrogen and oxygen atoms in total. The van der Waals surface area contributed by atoms with Crippen LogP contribution in [0.2, 0.25) is 0 Å². The Morgan fingerprint density at radius 3 is 2.10 bits per heavy atom. The molecule has 7 heteroatoms. The molecule has 0 aromatic rings. The monoisotopic (exact) mass is 158 g/mol. The Kier molecular flexibility index (Phi) is 3.69. The molecule has 0 unspecified atom stereocenters. The molecule has 0 aliphatic rings. The first-order valence-electron chi connectivity index (χ1n) is 2.46. The van der Waals surface area contributed by atoms with Crippen molar-refractivity contribution >= 4 is 7.32 Å². The van der Waals surface area contributed by atoms with Crippen LogP contribution in [0.15, 0.2) is 0 Å². The van der Waals surface area contributed by atoms with Crippen molar-refractivity contribution in [3.63, 3.8) is 0 Å². The van der Waals surface area contributed by atoms with Crippen molar-refractivity contribution < 1.29 is 27.9 Å². The molecule has 2 N–H and O–H groups in total. The maximum absolute atomic E-state index is 11.3. The molecule has 0 heterocycles. The minimum absolute atomic E-state index is 0.735. The summed E-state index contributed by atoms with van der Waals surface area (Å²) in [7, 11) is -2.12. The van der Waals surface area contributed by atoms with Gasteiger partial charge in [-0.1, -0.05) is 0 Å². The zero-order chi connectivity index (χ0) is 8.20. The summed E-state index contributed by atoms with van der Waals surface area (Å²) >= 11 is 0. The van der Waals surface area contributed by atoms with Crippen molar-refractivity contribution in [3.05, 3.63) is 0 Å². The normalized spacial score (nSPS) is 11.7. The van der Waals surface area contributed by atoms with E-state index in [1.165, 1.54) is 0 Å². The van der Waals surface area contributed by atoms with Gasteiger partial charge in [0, 0.05) is 6.61 Å². The van der Waals surface area contributed by atoms with Gasteiger partial charge in [-0.3, -0.25) is 0 Å². The molecule has 0 radical (unpaired) electrons. The van der Waals surface area contributed by atoms with Gasteiger partial charge in [0.25, 0.3) is 0 Å². The van der Waals surface area contributed by atoms with Crippen molar-refractivity contribution in [2.75, 3.05) is 6.61 Å². The molecule has 0 saturated carbocycles. The van der Waals surface area contributed by atoms with Gasteiger partial charge in [-0.15, -0.1) is 0 Å². The van der Waals surface area contributed by atoms with E-state index < -0.39 is 26.5 Å². The number of rotatable bonds is 3. The second-order valence-corrected chi connectivity index (χ2v) is 1.56. The summed E-state index contributed by atoms with van der Waals surface area (Å²) in [5.41, 5.74) is 0. The second kappa shape index (κ2) is 3.79. The van der Waals surface area contributed by atoms with E-state index in [1.807, 2.05) is 0 Å². The first-order chi connectivity index (χ1) is 4.42. The highest BCUT2D eigenvalue weighted by Crippen LogP contribution is 2.18. The maximum Gasteiger partial charge on any atom is 0.633 e. The van der Waals surface area contributed by atoms with Gasteiger partial charge in [0.2, 0.25) is 0 Å². The summed E-state index contributed by atoms with van der Waals surface area (Å²) in [5, 5.41) is 15.8. The largest absolute Gasteiger partial charge is 0.633 e. The Bertz CT molecular complexity index is 93.5. The van der Waals surface area contributed by atoms with Crippen LogP contribution in [0.25, 0.3) is 0 Å². The molecule has 0 amide bonds. The first kappa shape index (κ1) is 9.73. The molecule has 0 spiro atoms. The molecular weight excluding hydrogens is 152 g/mol. The zero-order valence-electron chi connectivity index (χ0n) is 4.93. The molecule has 0 saturated heterocycles. The molecule has 0 aromatic carbocycles. The quantitative estimate of drug-likeness (QED) is 0.564. The third-order valence-electron chi connectivity index (χ3n) is 0.652. The van der Waals surface area contributed by atoms with Crippen LogP contribution in [0.1, 0.15) is 6.42 Å². The SMILES string of the molecule is OB(O)OCCC(F)(F)F. The van der Waals surface area contributed by atoms with Crippen molar-refractivity contribution in [1.82, 2.24) is 0 Å². The standard InChI is InChI=1S/C3H6BF3O3/c5-3(6,7)1-2-10-4(8)9/h8-9H,1-2H2. The van der Waals surface area contributed by atoms with Crippen LogP contribution in [-0.4, -0.2) is 30.2 Å². The van der Waals surface area contributed by atoms with Crippen molar-refractivity contribution in [2.24, 2.45) is 0 Å². The van der Waals surface area contributed by atoms with Gasteiger partial charge < -0.3 is 14.7 Å². The van der Waals surface area contributed by atoms with Gasteiger partial charge in [-0.2, -0.15) is 13.2 Å². The van der Waals surface area contributed by atoms with Gasteiger partial charge in [-0.05, 0) is 0 Å². The van der Waals surface area contributed by atoms with Gasteiger partial charge in [0.15, 0.2) is 0 Å². The summed E-state index contributed by atoms with van der Waals surface area (Å²) < 4.78 is 37.6. The van der Waals surface area contributed by atoms with Crippen molar-refractivity contribution in [2.45, 2.75) is 12.6 Å². The molecule has 0 fully saturated rings. The van der Waals surface area contributed by atoms with E-state index >= 15 is 0 Å². The number of alkyl halides is 3. The molecule has 0 rings (SSSR count). The summed E-state index contributed by atoms with van der Waals surface area (Å²) in [6.07, 6.45) is -5.49. The minimum Gasteiger partial charge on any atom is -0.402 e. The van der Waals surface area contributed by atoms with Crippen LogP contribution >= 0.6 is 0 Å². The molecule has 0 bridgehead atoms. The van der Waals surface area contributed by atoms with Gasteiger partial charge in [-0.25, -0.2) is 0 Å². The lowest BCUT2D eigenvalue weighted by atomic mass is 10.2. The van der Waals surface area contributed by atoms with Gasteiger partial charge >= 0.3 is 13.5 Å². The summed E-state index contributed by atoms with van der Waals surface area (Å²) in [6.45, 7) is -0.735. The zero-order valence-corrected chi connectivity index (χ0v) is 4.93. The van der Waals surface area contributed by atoms with E-state index in [0.717, 1.165) is 0 Å². The molecule has 0 aliphatic heterocycles. The second-order valence-electron chi connectivity index (χ2n) is 1.56. The Labute approximate surface area is 55.6 Å². The average molecular weight is 158 g/mol. The first-order valence-corrected chi connectivity index (χ1v) is 2.46. The van der Waals surface area contributed by atoms with Gasteiger partial charge in [0.1, 0.15) is 0 Å². The van der Waals surface area contributed by atoms with Crippen LogP contribution in [0, 0.1) is 0 Å². The highest BCUT2D eigenvalue weighted by molar-refractivity contribution is 6.32. The lowest BCUT2D eigenvalue weighted by Crippen LogP contribution is -2.21. The minimum atomic E-state index is -4.31. The fourth-order valence-corrected chi connectivity index (χ4v) is 0.280. The summed E-state index contributed by atoms with van der Waals surface area (Å²) in [5.74, 6) is 0. The molecule has 10 heavy (non-hydrogen) atoms. The number of hydrogen-bond donors (Lipinski definition) is 2. The van der Waals surface area contributed by atoms with Gasteiger partial charge in [0.05, 0.1) is 6.42 Å². The van der Waals surface area contributed by atoms with E-state index in [4.69, 9.17) is 10.0 Å². The summed E-state index contributed by atoms with van der Waals surface area (Å²) in [4.78, 5) is 0. The lowest BCUT2D eigenvalue weighted by Gasteiger charge is -2.05. The lowest BCUT2D eigenvalue weighted by molar-refractivity contribution is -0.140. The number of halogens is 3. The highest BCUT2D eigenvalue weighted by Gasteiger charge is 2.27. The third kappa shape index (κ3) is 7.73. The molecular formula is C3H6BF3O3. The predicted octanol–water partition coefficient (Wildman–Crippen LogP) is -0.0751. The van der Waals surface area contributed by atoms with Crippen LogP contribution < -0.4 is 0 Å². The molecule has 0 aromatic heterocycles. The Morgan fingerprint density at radius 1 is 1.30 bits per heavy atom. The van der Waals surface area contributed by atoms with Crippen LogP contribution in [0.4, 0.5) is 13.2 Å². The fraction of sp³-hybridized carbons (Fsp3) is 1.00. The van der Waals surface area contributed by atoms with Crippen LogP contribution in [0.3, 0.4) is 0 Å². The Morgan fingerprint density at radius 2 is 1.80 bits per heavy atom. The third-order valence-corrected chi connectivity index (χ3v) is 0.652. The Hall–Kier alpha value is -0.265. The fourth-order valence-electron chi connectivity index (χ4n) is 0.280. The van der Waals surface area contributed by atoms with E-state index in [9.17, 15) is 13.2 Å². The van der Waals surface area contributed by atoms with E-state index in [0.29, 0.717) is 0 Å². The number of hydrogen-bond acceptors (Lipinski definition) is 3. The van der Waals surface area contributed by atoms with E-state index in [2.05, 4.69) is 4.65 Å². The van der Waals surface area contributed by atoms with Crippen molar-refractivity contribution in [1.29, 1.82) is 0 Å². The molecule has 0 aliphatic carbocycles. The summed E-state index contributed by atoms with van der Waals surface area (Å²) in [6, 6.07) is 0. The van der Waals surface area contributed by atoms with Crippen molar-refractivity contribution in [3.8, 4) is 0 Å². The predicted molar refractivity (Wildman–Crippen MR) is 26.8 cm³/mol. The van der Waals surface area contributed by atoms with E-state index in [-0.39, 0.29) is 0 Å². The maximum atomic E-state index is 11.3. The van der Waals surface area contributed by atoms with Crippen LogP contribution in [-0.2, 0) is 4.65 Å². The average Bonchev–Trinajstić information content (AvgIpc) is 1.59. The molecule has 0 atom stereocenters. The van der Waals surface area contributed by atoms with Crippen LogP contribution in [0.5, 0.6) is 0 Å².